The molecule has 0 radical (unpaired) electrons. The minimum atomic E-state index is -1.96. The summed E-state index contributed by atoms with van der Waals surface area (Å²) < 4.78 is 30.6. The third-order valence-electron chi connectivity index (χ3n) is 10.6. The average molecular weight is 631 g/mol. The van der Waals surface area contributed by atoms with Crippen LogP contribution in [-0.2, 0) is 38.1 Å². The van der Waals surface area contributed by atoms with Crippen molar-refractivity contribution < 1.29 is 58.2 Å². The Morgan fingerprint density at radius 1 is 0.956 bits per heavy atom. The molecule has 246 valence electrons. The molecule has 1 aromatic carbocycles. The fourth-order valence-electron chi connectivity index (χ4n) is 8.80. The summed E-state index contributed by atoms with van der Waals surface area (Å²) in [6.45, 7) is 9.85. The highest BCUT2D eigenvalue weighted by Gasteiger charge is 2.79. The van der Waals surface area contributed by atoms with Gasteiger partial charge in [-0.05, 0) is 50.5 Å². The van der Waals surface area contributed by atoms with Crippen LogP contribution < -0.4 is 0 Å². The van der Waals surface area contributed by atoms with Crippen molar-refractivity contribution in [2.24, 2.45) is 16.7 Å². The van der Waals surface area contributed by atoms with Gasteiger partial charge < -0.3 is 39.0 Å². The minimum absolute atomic E-state index is 0.0811. The lowest BCUT2D eigenvalue weighted by Crippen LogP contribution is -2.70. The smallest absolute Gasteiger partial charge is 0.338 e. The van der Waals surface area contributed by atoms with Crippen LogP contribution in [0.25, 0.3) is 0 Å². The number of hydrogen-bond acceptors (Lipinski definition) is 12. The van der Waals surface area contributed by atoms with E-state index in [4.69, 9.17) is 23.7 Å². The first-order valence-electron chi connectivity index (χ1n) is 15.1. The lowest BCUT2D eigenvalue weighted by atomic mass is 9.52. The molecule has 0 aromatic heterocycles. The Morgan fingerprint density at radius 2 is 1.58 bits per heavy atom. The van der Waals surface area contributed by atoms with Crippen LogP contribution in [0, 0.1) is 16.7 Å². The molecule has 3 aliphatic carbocycles. The van der Waals surface area contributed by atoms with Gasteiger partial charge in [-0.25, -0.2) is 4.79 Å². The van der Waals surface area contributed by atoms with Gasteiger partial charge in [-0.3, -0.25) is 14.4 Å². The van der Waals surface area contributed by atoms with Crippen LogP contribution in [0.1, 0.15) is 71.7 Å². The molecular weight excluding hydrogens is 588 g/mol. The van der Waals surface area contributed by atoms with Crippen molar-refractivity contribution in [1.29, 1.82) is 0 Å². The molecule has 12 heteroatoms. The molecule has 1 saturated heterocycles. The Hall–Kier alpha value is -3.32. The Labute approximate surface area is 261 Å². The first-order chi connectivity index (χ1) is 20.9. The summed E-state index contributed by atoms with van der Waals surface area (Å²) >= 11 is 0. The molecular formula is C33H42O12. The second-order valence-electron chi connectivity index (χ2n) is 13.5. The molecule has 12 nitrogen and oxygen atoms in total. The first kappa shape index (κ1) is 33.1. The molecule has 5 rings (SSSR count). The number of benzene rings is 1. The maximum absolute atomic E-state index is 13.8. The Morgan fingerprint density at radius 3 is 2.16 bits per heavy atom. The quantitative estimate of drug-likeness (QED) is 0.237. The summed E-state index contributed by atoms with van der Waals surface area (Å²) in [6.07, 6.45) is -8.03. The van der Waals surface area contributed by atoms with Crippen molar-refractivity contribution in [3.8, 4) is 0 Å². The summed E-state index contributed by atoms with van der Waals surface area (Å²) in [5.41, 5.74) is -5.60. The maximum Gasteiger partial charge on any atom is 0.338 e. The zero-order chi connectivity index (χ0) is 33.3. The minimum Gasteiger partial charge on any atom is -0.462 e. The average Bonchev–Trinajstić information content (AvgIpc) is 3.42. The van der Waals surface area contributed by atoms with Crippen LogP contribution in [-0.4, -0.2) is 93.6 Å². The first-order valence-corrected chi connectivity index (χ1v) is 15.1. The lowest BCUT2D eigenvalue weighted by molar-refractivity contribution is -0.248. The third-order valence-corrected chi connectivity index (χ3v) is 10.6. The van der Waals surface area contributed by atoms with Crippen molar-refractivity contribution in [2.45, 2.75) is 109 Å². The summed E-state index contributed by atoms with van der Waals surface area (Å²) in [5, 5.41) is 35.2. The fourth-order valence-corrected chi connectivity index (χ4v) is 8.80. The van der Waals surface area contributed by atoms with E-state index in [1.54, 1.807) is 58.0 Å². The Kier molecular flexibility index (Phi) is 8.21. The van der Waals surface area contributed by atoms with Crippen molar-refractivity contribution in [2.75, 3.05) is 6.61 Å². The van der Waals surface area contributed by atoms with Crippen LogP contribution >= 0.6 is 0 Å². The van der Waals surface area contributed by atoms with E-state index in [-0.39, 0.29) is 25.0 Å². The summed E-state index contributed by atoms with van der Waals surface area (Å²) in [6, 6.07) is 8.15. The Balaban J connectivity index is 1.88. The van der Waals surface area contributed by atoms with Gasteiger partial charge in [0.2, 0.25) is 0 Å². The highest BCUT2D eigenvalue weighted by Crippen LogP contribution is 2.69. The molecule has 1 aromatic rings. The van der Waals surface area contributed by atoms with E-state index in [0.29, 0.717) is 11.1 Å². The number of rotatable bonds is 6. The molecule has 45 heavy (non-hydrogen) atoms. The second kappa shape index (κ2) is 11.2. The normalized spacial score (nSPS) is 38.8. The molecule has 0 bridgehead atoms. The summed E-state index contributed by atoms with van der Waals surface area (Å²) in [7, 11) is 0. The van der Waals surface area contributed by atoms with Gasteiger partial charge in [-0.15, -0.1) is 0 Å². The monoisotopic (exact) mass is 630 g/mol. The number of ether oxygens (including phenoxy) is 5. The largest absolute Gasteiger partial charge is 0.462 e. The van der Waals surface area contributed by atoms with Crippen LogP contribution in [0.15, 0.2) is 41.5 Å². The van der Waals surface area contributed by atoms with Gasteiger partial charge in [0.1, 0.15) is 17.3 Å². The topological polar surface area (TPSA) is 175 Å². The molecule has 4 aliphatic rings. The van der Waals surface area contributed by atoms with Crippen molar-refractivity contribution >= 4 is 23.9 Å². The maximum atomic E-state index is 13.8. The molecule has 0 amide bonds. The van der Waals surface area contributed by atoms with Gasteiger partial charge in [0.25, 0.3) is 0 Å². The van der Waals surface area contributed by atoms with E-state index in [9.17, 15) is 34.5 Å². The van der Waals surface area contributed by atoms with Gasteiger partial charge in [-0.1, -0.05) is 25.1 Å². The molecule has 10 atom stereocenters. The standard InChI is InChI=1S/C33H42O12/c1-16-21(37)14-32(30(5,6)45-19(4)36)24(16)25(44-29(39)20-11-9-8-10-12-20)27(43-18(3)35)31(7)23(42-17(2)34)13-22(38)33(40)15-41-28(32)26(31)33/h8-12,21-23,25-28,37-38,40H,13-15H2,1-7H3/t21-,22-,23-,25+,26?,27-,28?,31+,32-,33-/m0/s1. The number of aliphatic hydroxyl groups excluding tert-OH is 2. The third kappa shape index (κ3) is 4.88. The molecule has 2 saturated carbocycles. The van der Waals surface area contributed by atoms with E-state index in [1.165, 1.54) is 20.8 Å². The Bertz CT molecular complexity index is 1420. The predicted molar refractivity (Wildman–Crippen MR) is 155 cm³/mol. The zero-order valence-electron chi connectivity index (χ0n) is 26.6. The van der Waals surface area contributed by atoms with E-state index in [1.807, 2.05) is 0 Å². The number of carbonyl (C=O) groups is 4. The molecule has 3 fully saturated rings. The number of carbonyl (C=O) groups excluding carboxylic acids is 4. The molecule has 0 spiro atoms. The van der Waals surface area contributed by atoms with Gasteiger partial charge in [0, 0.05) is 33.1 Å². The van der Waals surface area contributed by atoms with Crippen LogP contribution in [0.3, 0.4) is 0 Å². The number of aliphatic hydroxyl groups is 3. The van der Waals surface area contributed by atoms with E-state index >= 15 is 0 Å². The van der Waals surface area contributed by atoms with Crippen LogP contribution in [0.5, 0.6) is 0 Å². The van der Waals surface area contributed by atoms with Crippen molar-refractivity contribution in [3.63, 3.8) is 0 Å². The fraction of sp³-hybridized carbons (Fsp3) is 0.636. The molecule has 2 unspecified atom stereocenters. The second-order valence-corrected chi connectivity index (χ2v) is 13.5. The number of fused-ring (bicyclic) bond motifs is 2. The van der Waals surface area contributed by atoms with Crippen molar-refractivity contribution in [1.82, 2.24) is 0 Å². The van der Waals surface area contributed by atoms with Crippen LogP contribution in [0.2, 0.25) is 0 Å². The van der Waals surface area contributed by atoms with Gasteiger partial charge in [0.15, 0.2) is 12.2 Å². The predicted octanol–water partition coefficient (Wildman–Crippen LogP) is 2.02. The number of hydrogen-bond donors (Lipinski definition) is 3. The molecule has 1 heterocycles. The highest BCUT2D eigenvalue weighted by atomic mass is 16.6. The van der Waals surface area contributed by atoms with E-state index in [0.717, 1.165) is 0 Å². The van der Waals surface area contributed by atoms with Gasteiger partial charge in [0.05, 0.1) is 41.3 Å². The van der Waals surface area contributed by atoms with Crippen molar-refractivity contribution in [3.05, 3.63) is 47.0 Å². The van der Waals surface area contributed by atoms with Crippen LogP contribution in [0.4, 0.5) is 0 Å². The summed E-state index contributed by atoms with van der Waals surface area (Å²) in [5.74, 6) is -3.99. The SMILES string of the molecule is CC(=O)O[C@H]1C[C@H](O)[C@@]2(O)COC3C2[C@]1(C)[C@@H](OC(C)=O)[C@H](OC(=O)c1ccccc1)C1=C(C)[C@@H](O)C[C@]13C(C)(C)OC(C)=O. The van der Waals surface area contributed by atoms with Gasteiger partial charge >= 0.3 is 23.9 Å². The molecule has 1 aliphatic heterocycles. The summed E-state index contributed by atoms with van der Waals surface area (Å²) in [4.78, 5) is 51.8. The zero-order valence-corrected chi connectivity index (χ0v) is 26.6. The number of esters is 4. The van der Waals surface area contributed by atoms with E-state index < -0.39 is 88.5 Å². The van der Waals surface area contributed by atoms with Gasteiger partial charge in [-0.2, -0.15) is 0 Å². The molecule has 3 N–H and O–H groups in total. The lowest BCUT2D eigenvalue weighted by Gasteiger charge is -2.56. The highest BCUT2D eigenvalue weighted by molar-refractivity contribution is 5.89. The van der Waals surface area contributed by atoms with E-state index in [2.05, 4.69) is 0 Å².